The first-order valence-electron chi connectivity index (χ1n) is 10.5. The maximum absolute atomic E-state index is 10.8. The number of likely N-dealkylation sites (tertiary alicyclic amines) is 1. The number of aliphatic hydroxyl groups is 1. The molecule has 27 heavy (non-hydrogen) atoms. The summed E-state index contributed by atoms with van der Waals surface area (Å²) in [4.78, 5) is 7.16. The fourth-order valence-electron chi connectivity index (χ4n) is 3.66. The molecule has 1 fully saturated rings. The third-order valence-corrected chi connectivity index (χ3v) is 5.18. The van der Waals surface area contributed by atoms with Crippen molar-refractivity contribution in [1.29, 1.82) is 0 Å². The van der Waals surface area contributed by atoms with Crippen LogP contribution in [0.5, 0.6) is 0 Å². The molecule has 162 valence electrons. The van der Waals surface area contributed by atoms with E-state index in [-0.39, 0.29) is 24.0 Å². The third-order valence-electron chi connectivity index (χ3n) is 5.18. The zero-order chi connectivity index (χ0) is 19.3. The average molecular weight is 498 g/mol. The molecule has 0 aromatic heterocycles. The highest BCUT2D eigenvalue weighted by Crippen LogP contribution is 2.20. The van der Waals surface area contributed by atoms with Crippen LogP contribution in [-0.4, -0.2) is 74.6 Å². The minimum Gasteiger partial charge on any atom is -0.388 e. The van der Waals surface area contributed by atoms with Gasteiger partial charge < -0.3 is 25.4 Å². The second-order valence-electron chi connectivity index (χ2n) is 7.58. The Kier molecular flexibility index (Phi) is 15.7. The molecule has 1 aliphatic heterocycles. The average Bonchev–Trinajstić information content (AvgIpc) is 2.63. The SMILES string of the molecule is CCCC(O)(CCC)CN=C(NCC)NCC1CCN(CCOC)CC1.I. The van der Waals surface area contributed by atoms with Crippen molar-refractivity contribution >= 4 is 29.9 Å². The van der Waals surface area contributed by atoms with Crippen LogP contribution < -0.4 is 10.6 Å². The number of hydrogen-bond acceptors (Lipinski definition) is 4. The molecule has 0 aliphatic carbocycles. The Morgan fingerprint density at radius 1 is 1.15 bits per heavy atom. The molecule has 1 heterocycles. The number of ether oxygens (including phenoxy) is 1. The van der Waals surface area contributed by atoms with Crippen LogP contribution in [0.15, 0.2) is 4.99 Å². The van der Waals surface area contributed by atoms with E-state index in [4.69, 9.17) is 4.74 Å². The lowest BCUT2D eigenvalue weighted by Crippen LogP contribution is -2.44. The summed E-state index contributed by atoms with van der Waals surface area (Å²) in [5, 5.41) is 17.6. The molecule has 0 saturated carbocycles. The van der Waals surface area contributed by atoms with Crippen LogP contribution in [0.1, 0.15) is 59.3 Å². The lowest BCUT2D eigenvalue weighted by atomic mass is 9.93. The van der Waals surface area contributed by atoms with Gasteiger partial charge >= 0.3 is 0 Å². The van der Waals surface area contributed by atoms with Gasteiger partial charge in [0.1, 0.15) is 0 Å². The van der Waals surface area contributed by atoms with Gasteiger partial charge in [-0.05, 0) is 51.6 Å². The molecule has 1 rings (SSSR count). The van der Waals surface area contributed by atoms with Crippen LogP contribution in [0.4, 0.5) is 0 Å². The van der Waals surface area contributed by atoms with Crippen molar-refractivity contribution in [2.24, 2.45) is 10.9 Å². The molecule has 1 aliphatic rings. The first-order chi connectivity index (χ1) is 12.6. The Morgan fingerprint density at radius 2 is 1.78 bits per heavy atom. The minimum absolute atomic E-state index is 0. The Hall–Kier alpha value is -0.120. The molecule has 0 amide bonds. The second kappa shape index (κ2) is 15.8. The lowest BCUT2D eigenvalue weighted by Gasteiger charge is -2.32. The van der Waals surface area contributed by atoms with E-state index >= 15 is 0 Å². The van der Waals surface area contributed by atoms with Crippen LogP contribution in [0, 0.1) is 5.92 Å². The highest BCUT2D eigenvalue weighted by Gasteiger charge is 2.25. The van der Waals surface area contributed by atoms with Gasteiger partial charge in [-0.3, -0.25) is 4.99 Å². The van der Waals surface area contributed by atoms with Crippen molar-refractivity contribution in [2.45, 2.75) is 64.9 Å². The topological polar surface area (TPSA) is 69.1 Å². The molecule has 0 radical (unpaired) electrons. The lowest BCUT2D eigenvalue weighted by molar-refractivity contribution is 0.0306. The summed E-state index contributed by atoms with van der Waals surface area (Å²) in [6.07, 6.45) is 6.01. The van der Waals surface area contributed by atoms with Crippen molar-refractivity contribution in [3.8, 4) is 0 Å². The van der Waals surface area contributed by atoms with Crippen LogP contribution in [0.2, 0.25) is 0 Å². The van der Waals surface area contributed by atoms with Gasteiger partial charge in [-0.15, -0.1) is 24.0 Å². The molecule has 0 spiro atoms. The van der Waals surface area contributed by atoms with E-state index in [1.807, 2.05) is 0 Å². The van der Waals surface area contributed by atoms with Crippen molar-refractivity contribution in [3.05, 3.63) is 0 Å². The van der Waals surface area contributed by atoms with Crippen LogP contribution in [0.25, 0.3) is 0 Å². The molecule has 1 saturated heterocycles. The van der Waals surface area contributed by atoms with Gasteiger partial charge in [-0.1, -0.05) is 26.7 Å². The number of halogens is 1. The molecule has 0 bridgehead atoms. The number of hydrogen-bond donors (Lipinski definition) is 3. The Bertz CT molecular complexity index is 382. The van der Waals surface area contributed by atoms with Crippen molar-refractivity contribution in [3.63, 3.8) is 0 Å². The van der Waals surface area contributed by atoms with Gasteiger partial charge in [-0.25, -0.2) is 0 Å². The number of aliphatic imine (C=N–C) groups is 1. The zero-order valence-corrected chi connectivity index (χ0v) is 20.3. The van der Waals surface area contributed by atoms with E-state index in [0.717, 1.165) is 71.0 Å². The van der Waals surface area contributed by atoms with E-state index in [9.17, 15) is 5.11 Å². The number of piperidine rings is 1. The van der Waals surface area contributed by atoms with E-state index < -0.39 is 5.60 Å². The quantitative estimate of drug-likeness (QED) is 0.219. The summed E-state index contributed by atoms with van der Waals surface area (Å²) in [7, 11) is 1.76. The van der Waals surface area contributed by atoms with E-state index in [1.165, 1.54) is 12.8 Å². The van der Waals surface area contributed by atoms with Crippen molar-refractivity contribution < 1.29 is 9.84 Å². The zero-order valence-electron chi connectivity index (χ0n) is 17.9. The molecule has 0 aromatic rings. The van der Waals surface area contributed by atoms with Crippen molar-refractivity contribution in [1.82, 2.24) is 15.5 Å². The van der Waals surface area contributed by atoms with E-state index in [0.29, 0.717) is 12.5 Å². The van der Waals surface area contributed by atoms with Crippen LogP contribution in [0.3, 0.4) is 0 Å². The van der Waals surface area contributed by atoms with Gasteiger partial charge in [0.2, 0.25) is 0 Å². The molecule has 6 nitrogen and oxygen atoms in total. The monoisotopic (exact) mass is 498 g/mol. The minimum atomic E-state index is -0.668. The molecule has 0 aromatic carbocycles. The maximum atomic E-state index is 10.8. The third kappa shape index (κ3) is 11.5. The Labute approximate surface area is 183 Å². The number of nitrogens with zero attached hydrogens (tertiary/aromatic N) is 2. The molecule has 0 atom stereocenters. The fraction of sp³-hybridized carbons (Fsp3) is 0.950. The molecular formula is C20H43IN4O2. The molecule has 3 N–H and O–H groups in total. The van der Waals surface area contributed by atoms with E-state index in [2.05, 4.69) is 41.3 Å². The highest BCUT2D eigenvalue weighted by atomic mass is 127. The number of rotatable bonds is 12. The summed E-state index contributed by atoms with van der Waals surface area (Å²) >= 11 is 0. The van der Waals surface area contributed by atoms with Crippen LogP contribution in [-0.2, 0) is 4.74 Å². The summed E-state index contributed by atoms with van der Waals surface area (Å²) in [6.45, 7) is 12.7. The van der Waals surface area contributed by atoms with Gasteiger partial charge in [0.25, 0.3) is 0 Å². The Morgan fingerprint density at radius 3 is 2.30 bits per heavy atom. The van der Waals surface area contributed by atoms with Gasteiger partial charge in [0.05, 0.1) is 18.8 Å². The van der Waals surface area contributed by atoms with Crippen molar-refractivity contribution in [2.75, 3.05) is 53.0 Å². The first kappa shape index (κ1) is 26.9. The second-order valence-corrected chi connectivity index (χ2v) is 7.58. The summed E-state index contributed by atoms with van der Waals surface area (Å²) in [6, 6.07) is 0. The smallest absolute Gasteiger partial charge is 0.191 e. The molecule has 7 heteroatoms. The van der Waals surface area contributed by atoms with E-state index in [1.54, 1.807) is 7.11 Å². The van der Waals surface area contributed by atoms with Gasteiger partial charge in [0, 0.05) is 26.7 Å². The van der Waals surface area contributed by atoms with Gasteiger partial charge in [-0.2, -0.15) is 0 Å². The summed E-state index contributed by atoms with van der Waals surface area (Å²) in [5.41, 5.74) is -0.668. The van der Waals surface area contributed by atoms with Crippen LogP contribution >= 0.6 is 24.0 Å². The highest BCUT2D eigenvalue weighted by molar-refractivity contribution is 14.0. The normalized spacial score (nSPS) is 16.9. The maximum Gasteiger partial charge on any atom is 0.191 e. The first-order valence-corrected chi connectivity index (χ1v) is 10.5. The van der Waals surface area contributed by atoms with Gasteiger partial charge in [0.15, 0.2) is 5.96 Å². The predicted octanol–water partition coefficient (Wildman–Crippen LogP) is 2.85. The largest absolute Gasteiger partial charge is 0.388 e. The summed E-state index contributed by atoms with van der Waals surface area (Å²) < 4.78 is 5.17. The fourth-order valence-corrected chi connectivity index (χ4v) is 3.66. The number of guanidine groups is 1. The molecular weight excluding hydrogens is 455 g/mol. The standard InChI is InChI=1S/C20H42N4O2.HI/c1-5-10-20(25,11-6-2)17-23-19(21-7-3)22-16-18-8-12-24(13-9-18)14-15-26-4;/h18,25H,5-17H2,1-4H3,(H2,21,22,23);1H. The molecule has 0 unspecified atom stereocenters. The Balaban J connectivity index is 0.00000676. The number of nitrogens with one attached hydrogen (secondary N) is 2. The number of methoxy groups -OCH3 is 1. The summed E-state index contributed by atoms with van der Waals surface area (Å²) in [5.74, 6) is 1.52. The predicted molar refractivity (Wildman–Crippen MR) is 125 cm³/mol.